The molecule has 0 bridgehead atoms. The van der Waals surface area contributed by atoms with E-state index in [2.05, 4.69) is 16.7 Å². The lowest BCUT2D eigenvalue weighted by molar-refractivity contribution is 0.211. The van der Waals surface area contributed by atoms with Crippen molar-refractivity contribution in [3.63, 3.8) is 0 Å². The molecule has 0 amide bonds. The summed E-state index contributed by atoms with van der Waals surface area (Å²) in [6, 6.07) is 1.69. The van der Waals surface area contributed by atoms with Gasteiger partial charge in [-0.1, -0.05) is 0 Å². The van der Waals surface area contributed by atoms with Crippen molar-refractivity contribution < 1.29 is 8.42 Å². The number of aryl methyl sites for hydroxylation is 1. The molecule has 5 nitrogen and oxygen atoms in total. The summed E-state index contributed by atoms with van der Waals surface area (Å²) >= 11 is 1.45. The predicted molar refractivity (Wildman–Crippen MR) is 82.4 cm³/mol. The molecule has 0 aromatic carbocycles. The maximum atomic E-state index is 12.3. The molecule has 0 radical (unpaired) electrons. The second kappa shape index (κ2) is 6.53. The lowest BCUT2D eigenvalue weighted by Gasteiger charge is -2.29. The summed E-state index contributed by atoms with van der Waals surface area (Å²) in [7, 11) is -1.33. The number of likely N-dealkylation sites (tertiary alicyclic amines) is 1. The Morgan fingerprint density at radius 2 is 2.30 bits per heavy atom. The molecule has 1 atom stereocenters. The quantitative estimate of drug-likeness (QED) is 0.854. The van der Waals surface area contributed by atoms with E-state index in [1.54, 1.807) is 6.07 Å². The molecule has 1 fully saturated rings. The van der Waals surface area contributed by atoms with E-state index < -0.39 is 10.0 Å². The molecule has 0 aliphatic carbocycles. The average Bonchev–Trinajstić information content (AvgIpc) is 2.79. The molecule has 1 aliphatic heterocycles. The van der Waals surface area contributed by atoms with Crippen LogP contribution < -0.4 is 10.5 Å². The van der Waals surface area contributed by atoms with Crippen LogP contribution in [0.4, 0.5) is 0 Å². The van der Waals surface area contributed by atoms with Crippen LogP contribution in [-0.2, 0) is 16.6 Å². The van der Waals surface area contributed by atoms with Crippen LogP contribution in [0.2, 0.25) is 0 Å². The Morgan fingerprint density at radius 3 is 2.90 bits per heavy atom. The summed E-state index contributed by atoms with van der Waals surface area (Å²) in [6.45, 7) is 4.78. The van der Waals surface area contributed by atoms with Crippen LogP contribution in [0.3, 0.4) is 0 Å². The van der Waals surface area contributed by atoms with Crippen LogP contribution in [0, 0.1) is 12.8 Å². The Hall–Kier alpha value is -0.470. The number of thiophene rings is 1. The van der Waals surface area contributed by atoms with Gasteiger partial charge in [-0.15, -0.1) is 11.3 Å². The highest BCUT2D eigenvalue weighted by molar-refractivity contribution is 7.89. The van der Waals surface area contributed by atoms with Gasteiger partial charge in [-0.2, -0.15) is 0 Å². The van der Waals surface area contributed by atoms with E-state index in [1.807, 2.05) is 6.92 Å². The Balaban J connectivity index is 2.01. The van der Waals surface area contributed by atoms with Gasteiger partial charge < -0.3 is 10.6 Å². The van der Waals surface area contributed by atoms with Gasteiger partial charge in [0.1, 0.15) is 0 Å². The van der Waals surface area contributed by atoms with Gasteiger partial charge in [-0.3, -0.25) is 0 Å². The second-order valence-corrected chi connectivity index (χ2v) is 8.54. The van der Waals surface area contributed by atoms with Gasteiger partial charge in [-0.25, -0.2) is 13.1 Å². The molecule has 1 aromatic heterocycles. The van der Waals surface area contributed by atoms with Gasteiger partial charge in [0.25, 0.3) is 0 Å². The number of piperidine rings is 1. The Morgan fingerprint density at radius 1 is 1.55 bits per heavy atom. The maximum Gasteiger partial charge on any atom is 0.241 e. The zero-order valence-electron chi connectivity index (χ0n) is 12.1. The van der Waals surface area contributed by atoms with Crippen molar-refractivity contribution in [2.45, 2.75) is 31.2 Å². The third-order valence-corrected chi connectivity index (χ3v) is 6.45. The molecule has 2 rings (SSSR count). The van der Waals surface area contributed by atoms with Crippen LogP contribution in [0.25, 0.3) is 0 Å². The third kappa shape index (κ3) is 3.79. The summed E-state index contributed by atoms with van der Waals surface area (Å²) in [5.74, 6) is 0.399. The number of nitrogens with one attached hydrogen (secondary N) is 1. The topological polar surface area (TPSA) is 75.4 Å². The number of hydrogen-bond acceptors (Lipinski definition) is 5. The molecule has 3 N–H and O–H groups in total. The Labute approximate surface area is 125 Å². The van der Waals surface area contributed by atoms with Crippen LogP contribution >= 0.6 is 11.3 Å². The van der Waals surface area contributed by atoms with Crippen LogP contribution in [0.15, 0.2) is 11.0 Å². The average molecular weight is 317 g/mol. The van der Waals surface area contributed by atoms with E-state index >= 15 is 0 Å². The molecule has 7 heteroatoms. The highest BCUT2D eigenvalue weighted by Gasteiger charge is 2.23. The van der Waals surface area contributed by atoms with Crippen LogP contribution in [0.1, 0.15) is 22.6 Å². The Kier molecular flexibility index (Phi) is 5.19. The molecule has 1 unspecified atom stereocenters. The largest absolute Gasteiger partial charge is 0.326 e. The van der Waals surface area contributed by atoms with Gasteiger partial charge in [0.2, 0.25) is 10.0 Å². The zero-order chi connectivity index (χ0) is 14.8. The highest BCUT2D eigenvalue weighted by atomic mass is 32.2. The van der Waals surface area contributed by atoms with E-state index in [1.165, 1.54) is 11.3 Å². The van der Waals surface area contributed by atoms with Gasteiger partial charge in [0.05, 0.1) is 4.90 Å². The maximum absolute atomic E-state index is 12.3. The molecular formula is C13H23N3O2S2. The number of sulfonamides is 1. The highest BCUT2D eigenvalue weighted by Crippen LogP contribution is 2.25. The van der Waals surface area contributed by atoms with E-state index in [0.29, 0.717) is 23.9 Å². The number of rotatable bonds is 5. The van der Waals surface area contributed by atoms with Crippen LogP contribution in [-0.4, -0.2) is 40.0 Å². The summed E-state index contributed by atoms with van der Waals surface area (Å²) in [5, 5.41) is 0. The van der Waals surface area contributed by atoms with Crippen molar-refractivity contribution in [1.82, 2.24) is 9.62 Å². The van der Waals surface area contributed by atoms with Gasteiger partial charge in [0.15, 0.2) is 0 Å². The first kappa shape index (κ1) is 15.9. The predicted octanol–water partition coefficient (Wildman–Crippen LogP) is 1.14. The van der Waals surface area contributed by atoms with E-state index in [0.717, 1.165) is 35.7 Å². The van der Waals surface area contributed by atoms with E-state index in [4.69, 9.17) is 5.73 Å². The summed E-state index contributed by atoms with van der Waals surface area (Å²) < 4.78 is 27.5. The first-order valence-corrected chi connectivity index (χ1v) is 9.20. The smallest absolute Gasteiger partial charge is 0.241 e. The molecule has 2 heterocycles. The van der Waals surface area contributed by atoms with Crippen molar-refractivity contribution in [1.29, 1.82) is 0 Å². The first-order chi connectivity index (χ1) is 9.42. The fraction of sp³-hybridized carbons (Fsp3) is 0.692. The van der Waals surface area contributed by atoms with E-state index in [9.17, 15) is 8.42 Å². The van der Waals surface area contributed by atoms with Gasteiger partial charge in [0, 0.05) is 29.4 Å². The molecule has 0 saturated carbocycles. The summed E-state index contributed by atoms with van der Waals surface area (Å²) in [5.41, 5.74) is 5.57. The molecule has 1 saturated heterocycles. The molecular weight excluding hydrogens is 294 g/mol. The van der Waals surface area contributed by atoms with Crippen LogP contribution in [0.5, 0.6) is 0 Å². The standard InChI is InChI=1S/C13H23N3O2S2/c1-10-13(6-12(7-14)19-10)20(17,18)15-8-11-4-3-5-16(2)9-11/h6,11,15H,3-5,7-9,14H2,1-2H3. The minimum absolute atomic E-state index is 0.382. The molecule has 1 aliphatic rings. The molecule has 114 valence electrons. The molecule has 1 aromatic rings. The minimum atomic E-state index is -3.41. The monoisotopic (exact) mass is 317 g/mol. The molecule has 0 spiro atoms. The van der Waals surface area contributed by atoms with Crippen molar-refractivity contribution >= 4 is 21.4 Å². The van der Waals surface area contributed by atoms with Crippen molar-refractivity contribution in [3.8, 4) is 0 Å². The second-order valence-electron chi connectivity index (χ2n) is 5.46. The lowest BCUT2D eigenvalue weighted by Crippen LogP contribution is -2.39. The zero-order valence-corrected chi connectivity index (χ0v) is 13.7. The van der Waals surface area contributed by atoms with Crippen molar-refractivity contribution in [3.05, 3.63) is 15.8 Å². The van der Waals surface area contributed by atoms with Gasteiger partial charge in [-0.05, 0) is 45.3 Å². The minimum Gasteiger partial charge on any atom is -0.326 e. The first-order valence-electron chi connectivity index (χ1n) is 6.90. The number of hydrogen-bond donors (Lipinski definition) is 2. The van der Waals surface area contributed by atoms with Crippen molar-refractivity contribution in [2.75, 3.05) is 26.7 Å². The lowest BCUT2D eigenvalue weighted by atomic mass is 9.99. The fourth-order valence-electron chi connectivity index (χ4n) is 2.64. The molecule has 20 heavy (non-hydrogen) atoms. The summed E-state index contributed by atoms with van der Waals surface area (Å²) in [4.78, 5) is 4.34. The number of nitrogens with two attached hydrogens (primary N) is 1. The summed E-state index contributed by atoms with van der Waals surface area (Å²) in [6.07, 6.45) is 2.22. The fourth-order valence-corrected chi connectivity index (χ4v) is 5.26. The SMILES string of the molecule is Cc1sc(CN)cc1S(=O)(=O)NCC1CCCN(C)C1. The Bertz CT molecular complexity index is 554. The third-order valence-electron chi connectivity index (χ3n) is 3.70. The number of nitrogens with zero attached hydrogens (tertiary/aromatic N) is 1. The van der Waals surface area contributed by atoms with Crippen molar-refractivity contribution in [2.24, 2.45) is 11.7 Å². The van der Waals surface area contributed by atoms with E-state index in [-0.39, 0.29) is 0 Å². The van der Waals surface area contributed by atoms with Gasteiger partial charge >= 0.3 is 0 Å². The normalized spacial score (nSPS) is 21.2.